The zero-order valence-corrected chi connectivity index (χ0v) is 19.7. The number of benzene rings is 2. The molecule has 2 aromatic carbocycles. The van der Waals surface area contributed by atoms with Crippen molar-refractivity contribution in [3.05, 3.63) is 59.7 Å². The molecule has 1 aliphatic carbocycles. The van der Waals surface area contributed by atoms with Crippen LogP contribution in [-0.2, 0) is 19.1 Å². The predicted molar refractivity (Wildman–Crippen MR) is 130 cm³/mol. The molecule has 9 heteroatoms. The lowest BCUT2D eigenvalue weighted by atomic mass is 9.98. The van der Waals surface area contributed by atoms with Gasteiger partial charge in [0.1, 0.15) is 13.2 Å². The normalized spacial score (nSPS) is 12.7. The molecule has 4 N–H and O–H groups in total. The van der Waals surface area contributed by atoms with Crippen LogP contribution in [0.4, 0.5) is 4.79 Å². The largest absolute Gasteiger partial charge is 0.481 e. The number of carbonyl (C=O) groups is 4. The van der Waals surface area contributed by atoms with Gasteiger partial charge in [0.2, 0.25) is 11.8 Å². The van der Waals surface area contributed by atoms with E-state index in [-0.39, 0.29) is 32.0 Å². The third-order valence-electron chi connectivity index (χ3n) is 5.88. The summed E-state index contributed by atoms with van der Waals surface area (Å²) in [6.45, 7) is 1.45. The molecule has 3 amide bonds. The first-order chi connectivity index (χ1) is 16.9. The van der Waals surface area contributed by atoms with E-state index in [0.29, 0.717) is 6.42 Å². The Hall–Kier alpha value is -3.88. The Morgan fingerprint density at radius 1 is 0.914 bits per heavy atom. The van der Waals surface area contributed by atoms with Crippen molar-refractivity contribution < 1.29 is 29.0 Å². The van der Waals surface area contributed by atoms with E-state index in [4.69, 9.17) is 9.84 Å². The Morgan fingerprint density at radius 2 is 1.51 bits per heavy atom. The minimum atomic E-state index is -0.997. The van der Waals surface area contributed by atoms with Crippen LogP contribution < -0.4 is 16.0 Å². The van der Waals surface area contributed by atoms with Gasteiger partial charge in [-0.1, -0.05) is 68.3 Å². The van der Waals surface area contributed by atoms with E-state index in [1.54, 1.807) is 0 Å². The second-order valence-corrected chi connectivity index (χ2v) is 8.46. The van der Waals surface area contributed by atoms with Crippen molar-refractivity contribution in [3.63, 3.8) is 0 Å². The lowest BCUT2D eigenvalue weighted by Crippen LogP contribution is -2.45. The van der Waals surface area contributed by atoms with E-state index in [1.807, 2.05) is 55.5 Å². The van der Waals surface area contributed by atoms with Gasteiger partial charge >= 0.3 is 12.1 Å². The van der Waals surface area contributed by atoms with Gasteiger partial charge in [-0.15, -0.1) is 0 Å². The number of unbranched alkanes of at least 4 members (excludes halogenated alkanes) is 1. The molecule has 0 fully saturated rings. The molecule has 0 radical (unpaired) electrons. The number of carboxylic acids is 1. The lowest BCUT2D eigenvalue weighted by molar-refractivity contribution is -0.138. The highest BCUT2D eigenvalue weighted by Crippen LogP contribution is 2.44. The summed E-state index contributed by atoms with van der Waals surface area (Å²) in [5, 5.41) is 16.4. The summed E-state index contributed by atoms with van der Waals surface area (Å²) in [5.74, 6) is -2.13. The number of rotatable bonds is 12. The van der Waals surface area contributed by atoms with E-state index in [0.717, 1.165) is 35.1 Å². The monoisotopic (exact) mass is 481 g/mol. The van der Waals surface area contributed by atoms with E-state index < -0.39 is 29.9 Å². The summed E-state index contributed by atoms with van der Waals surface area (Å²) in [6, 6.07) is 15.5. The Morgan fingerprint density at radius 3 is 2.11 bits per heavy atom. The summed E-state index contributed by atoms with van der Waals surface area (Å²) in [4.78, 5) is 47.2. The molecule has 186 valence electrons. The number of aliphatic carboxylic acids is 1. The zero-order chi connectivity index (χ0) is 25.2. The Labute approximate surface area is 204 Å². The number of amides is 3. The van der Waals surface area contributed by atoms with E-state index in [2.05, 4.69) is 16.0 Å². The molecule has 0 aromatic heterocycles. The minimum Gasteiger partial charge on any atom is -0.481 e. The van der Waals surface area contributed by atoms with Crippen LogP contribution in [0.5, 0.6) is 0 Å². The fraction of sp³-hybridized carbons (Fsp3) is 0.385. The van der Waals surface area contributed by atoms with Crippen molar-refractivity contribution in [2.75, 3.05) is 19.7 Å². The van der Waals surface area contributed by atoms with Crippen molar-refractivity contribution in [3.8, 4) is 11.1 Å². The predicted octanol–water partition coefficient (Wildman–Crippen LogP) is 2.79. The van der Waals surface area contributed by atoms with Crippen LogP contribution >= 0.6 is 0 Å². The maximum atomic E-state index is 12.2. The third kappa shape index (κ3) is 7.30. The van der Waals surface area contributed by atoms with E-state index in [9.17, 15) is 19.2 Å². The number of carboxylic acid groups (broad SMARTS) is 1. The maximum Gasteiger partial charge on any atom is 0.407 e. The van der Waals surface area contributed by atoms with Gasteiger partial charge in [0, 0.05) is 12.0 Å². The molecule has 0 saturated carbocycles. The molecule has 0 bridgehead atoms. The average molecular weight is 482 g/mol. The Balaban J connectivity index is 1.40. The SMILES string of the molecule is CCCCC(CC(=O)O)NC(=O)CNC(=O)CNC(=O)OCC1c2ccccc2-c2ccccc21. The van der Waals surface area contributed by atoms with Gasteiger partial charge in [0.05, 0.1) is 13.0 Å². The Bertz CT molecular complexity index is 1030. The fourth-order valence-electron chi connectivity index (χ4n) is 4.21. The zero-order valence-electron chi connectivity index (χ0n) is 19.7. The van der Waals surface area contributed by atoms with Crippen molar-refractivity contribution in [2.24, 2.45) is 0 Å². The molecule has 2 aromatic rings. The van der Waals surface area contributed by atoms with Crippen LogP contribution in [0.25, 0.3) is 11.1 Å². The molecule has 35 heavy (non-hydrogen) atoms. The van der Waals surface area contributed by atoms with Gasteiger partial charge in [-0.05, 0) is 28.7 Å². The molecule has 0 saturated heterocycles. The van der Waals surface area contributed by atoms with Crippen molar-refractivity contribution >= 4 is 23.9 Å². The van der Waals surface area contributed by atoms with Gasteiger partial charge in [-0.2, -0.15) is 0 Å². The first kappa shape index (κ1) is 25.7. The molecule has 1 unspecified atom stereocenters. The van der Waals surface area contributed by atoms with Crippen molar-refractivity contribution in [1.29, 1.82) is 0 Å². The number of fused-ring (bicyclic) bond motifs is 3. The second-order valence-electron chi connectivity index (χ2n) is 8.46. The van der Waals surface area contributed by atoms with Crippen LogP contribution in [0.3, 0.4) is 0 Å². The first-order valence-corrected chi connectivity index (χ1v) is 11.8. The van der Waals surface area contributed by atoms with E-state index in [1.165, 1.54) is 0 Å². The quantitative estimate of drug-likeness (QED) is 0.368. The van der Waals surface area contributed by atoms with Gasteiger partial charge in [-0.3, -0.25) is 14.4 Å². The molecule has 0 heterocycles. The number of hydrogen-bond acceptors (Lipinski definition) is 5. The van der Waals surface area contributed by atoms with Crippen molar-refractivity contribution in [1.82, 2.24) is 16.0 Å². The van der Waals surface area contributed by atoms with Crippen LogP contribution in [0.1, 0.15) is 49.7 Å². The molecule has 1 atom stereocenters. The lowest BCUT2D eigenvalue weighted by Gasteiger charge is -2.17. The third-order valence-corrected chi connectivity index (χ3v) is 5.88. The molecule has 1 aliphatic rings. The summed E-state index contributed by atoms with van der Waals surface area (Å²) in [6.07, 6.45) is 1.31. The standard InChI is InChI=1S/C26H31N3O6/c1-2-3-8-17(13-25(32)33)29-24(31)15-27-23(30)14-28-26(34)35-16-22-20-11-6-4-9-18(20)19-10-5-7-12-21(19)22/h4-7,9-12,17,22H,2-3,8,13-16H2,1H3,(H,27,30)(H,28,34)(H,29,31)(H,32,33). The highest BCUT2D eigenvalue weighted by Gasteiger charge is 2.29. The van der Waals surface area contributed by atoms with Crippen LogP contribution in [0.15, 0.2) is 48.5 Å². The topological polar surface area (TPSA) is 134 Å². The van der Waals surface area contributed by atoms with E-state index >= 15 is 0 Å². The van der Waals surface area contributed by atoms with Gasteiger partial charge in [0.15, 0.2) is 0 Å². The summed E-state index contributed by atoms with van der Waals surface area (Å²) in [7, 11) is 0. The van der Waals surface area contributed by atoms with Gasteiger partial charge < -0.3 is 25.8 Å². The number of carbonyl (C=O) groups excluding carboxylic acids is 3. The summed E-state index contributed by atoms with van der Waals surface area (Å²) in [5.41, 5.74) is 4.42. The highest BCUT2D eigenvalue weighted by molar-refractivity contribution is 5.87. The fourth-order valence-corrected chi connectivity index (χ4v) is 4.21. The van der Waals surface area contributed by atoms with Gasteiger partial charge in [0.25, 0.3) is 0 Å². The molecule has 0 aliphatic heterocycles. The number of hydrogen-bond donors (Lipinski definition) is 4. The summed E-state index contributed by atoms with van der Waals surface area (Å²) >= 11 is 0. The second kappa shape index (κ2) is 12.5. The molecule has 9 nitrogen and oxygen atoms in total. The minimum absolute atomic E-state index is 0.0860. The van der Waals surface area contributed by atoms with Crippen LogP contribution in [0.2, 0.25) is 0 Å². The molecule has 0 spiro atoms. The highest BCUT2D eigenvalue weighted by atomic mass is 16.5. The number of alkyl carbamates (subject to hydrolysis) is 1. The number of nitrogens with one attached hydrogen (secondary N) is 3. The average Bonchev–Trinajstić information content (AvgIpc) is 3.17. The first-order valence-electron chi connectivity index (χ1n) is 11.8. The maximum absolute atomic E-state index is 12.2. The Kier molecular flexibility index (Phi) is 9.23. The van der Waals surface area contributed by atoms with Crippen LogP contribution in [-0.4, -0.2) is 54.7 Å². The molecular formula is C26H31N3O6. The molecular weight excluding hydrogens is 450 g/mol. The molecule has 3 rings (SSSR count). The van der Waals surface area contributed by atoms with Crippen molar-refractivity contribution in [2.45, 2.75) is 44.6 Å². The summed E-state index contributed by atoms with van der Waals surface area (Å²) < 4.78 is 5.38. The van der Waals surface area contributed by atoms with Crippen LogP contribution in [0, 0.1) is 0 Å². The number of ether oxygens (including phenoxy) is 1. The smallest absolute Gasteiger partial charge is 0.407 e. The van der Waals surface area contributed by atoms with Gasteiger partial charge in [-0.25, -0.2) is 4.79 Å².